The van der Waals surface area contributed by atoms with Crippen molar-refractivity contribution in [3.63, 3.8) is 0 Å². The molecule has 238 valence electrons. The zero-order valence-electron chi connectivity index (χ0n) is 26.9. The van der Waals surface area contributed by atoms with E-state index in [1.165, 1.54) is 0 Å². The first-order chi connectivity index (χ1) is 23.6. The topological polar surface area (TPSA) is 52.6 Å². The normalized spacial score (nSPS) is 11.4. The number of carbonyl (C=O) groups excluding carboxylic acids is 2. The molecule has 0 aliphatic rings. The fourth-order valence-electron chi connectivity index (χ4n) is 6.78. The monoisotopic (exact) mass is 630 g/mol. The predicted octanol–water partition coefficient (Wildman–Crippen LogP) is 9.53. The summed E-state index contributed by atoms with van der Waals surface area (Å²) < 4.78 is 12.8. The van der Waals surface area contributed by atoms with Crippen LogP contribution in [0.3, 0.4) is 0 Å². The summed E-state index contributed by atoms with van der Waals surface area (Å²) in [5, 5.41) is 0. The van der Waals surface area contributed by atoms with Crippen molar-refractivity contribution in [2.24, 2.45) is 5.41 Å². The lowest BCUT2D eigenvalue weighted by Crippen LogP contribution is -2.52. The van der Waals surface area contributed by atoms with E-state index in [0.717, 1.165) is 33.4 Å². The van der Waals surface area contributed by atoms with Gasteiger partial charge in [0.15, 0.2) is 11.5 Å². The Kier molecular flexibility index (Phi) is 10.2. The largest absolute Gasteiger partial charge is 0.465 e. The first-order valence-corrected chi connectivity index (χ1v) is 16.3. The number of carbonyl (C=O) groups is 2. The Hall–Kier alpha value is -5.74. The highest BCUT2D eigenvalue weighted by Gasteiger charge is 2.62. The number of hydrogen-bond donors (Lipinski definition) is 0. The smallest absolute Gasteiger partial charge is 0.326 e. The van der Waals surface area contributed by atoms with Crippen molar-refractivity contribution in [1.82, 2.24) is 0 Å². The lowest BCUT2D eigenvalue weighted by molar-refractivity contribution is -0.177. The van der Waals surface area contributed by atoms with E-state index in [-0.39, 0.29) is 6.61 Å². The maximum absolute atomic E-state index is 15.8. The number of benzene rings is 6. The van der Waals surface area contributed by atoms with Crippen molar-refractivity contribution in [2.75, 3.05) is 6.61 Å². The number of hydrogen-bond acceptors (Lipinski definition) is 4. The van der Waals surface area contributed by atoms with Crippen LogP contribution in [0.2, 0.25) is 0 Å². The van der Waals surface area contributed by atoms with Crippen LogP contribution in [-0.2, 0) is 19.1 Å². The van der Waals surface area contributed by atoms with E-state index >= 15 is 9.59 Å². The van der Waals surface area contributed by atoms with Crippen LogP contribution in [0.15, 0.2) is 182 Å². The molecule has 0 bridgehead atoms. The zero-order valence-corrected chi connectivity index (χ0v) is 26.9. The average molecular weight is 631 g/mol. The summed E-state index contributed by atoms with van der Waals surface area (Å²) in [5.74, 6) is -2.90. The van der Waals surface area contributed by atoms with Gasteiger partial charge in [0.05, 0.1) is 6.61 Å². The molecule has 0 saturated carbocycles. The molecule has 0 aromatic heterocycles. The van der Waals surface area contributed by atoms with E-state index in [2.05, 4.69) is 0 Å². The van der Waals surface area contributed by atoms with E-state index in [4.69, 9.17) is 9.47 Å². The van der Waals surface area contributed by atoms with E-state index < -0.39 is 35.3 Å². The van der Waals surface area contributed by atoms with Crippen molar-refractivity contribution in [3.05, 3.63) is 215 Å². The molecule has 6 aromatic rings. The lowest BCUT2D eigenvalue weighted by atomic mass is 9.58. The first kappa shape index (κ1) is 32.2. The van der Waals surface area contributed by atoms with Gasteiger partial charge in [-0.25, -0.2) is 0 Å². The van der Waals surface area contributed by atoms with Gasteiger partial charge in [-0.2, -0.15) is 0 Å². The lowest BCUT2D eigenvalue weighted by Gasteiger charge is -2.43. The van der Waals surface area contributed by atoms with Gasteiger partial charge in [-0.1, -0.05) is 182 Å². The third kappa shape index (κ3) is 6.56. The molecule has 0 unspecified atom stereocenters. The molecule has 4 heteroatoms. The Morgan fingerprint density at radius 2 is 0.708 bits per heavy atom. The molecule has 6 rings (SSSR count). The Labute approximate surface area is 282 Å². The minimum atomic E-state index is -1.91. The summed E-state index contributed by atoms with van der Waals surface area (Å²) in [4.78, 5) is 31.0. The SMILES string of the molecule is CCOC(=O)C(C(=O)OC(c1ccccc1)c1ccccc1)(C(c1ccccc1)c1ccccc1)C(c1ccccc1)c1ccccc1. The minimum Gasteiger partial charge on any atom is -0.465 e. The molecule has 0 fully saturated rings. The maximum atomic E-state index is 15.8. The van der Waals surface area contributed by atoms with Gasteiger partial charge in [0.25, 0.3) is 0 Å². The molecule has 0 aliphatic carbocycles. The molecule has 0 saturated heterocycles. The molecule has 0 N–H and O–H groups in total. The summed E-state index contributed by atoms with van der Waals surface area (Å²) in [5.41, 5.74) is 2.85. The summed E-state index contributed by atoms with van der Waals surface area (Å²) in [6.45, 7) is 1.85. The molecular weight excluding hydrogens is 592 g/mol. The molecule has 4 nitrogen and oxygen atoms in total. The Morgan fingerprint density at radius 1 is 0.438 bits per heavy atom. The minimum absolute atomic E-state index is 0.0846. The van der Waals surface area contributed by atoms with Crippen LogP contribution in [0.1, 0.15) is 58.2 Å². The molecule has 0 atom stereocenters. The molecular formula is C44H38O4. The molecule has 0 amide bonds. The Morgan fingerprint density at radius 3 is 0.979 bits per heavy atom. The predicted molar refractivity (Wildman–Crippen MR) is 189 cm³/mol. The van der Waals surface area contributed by atoms with Crippen LogP contribution < -0.4 is 0 Å². The van der Waals surface area contributed by atoms with Crippen LogP contribution in [0.5, 0.6) is 0 Å². The van der Waals surface area contributed by atoms with Crippen LogP contribution in [0.4, 0.5) is 0 Å². The van der Waals surface area contributed by atoms with E-state index in [9.17, 15) is 0 Å². The maximum Gasteiger partial charge on any atom is 0.326 e. The van der Waals surface area contributed by atoms with Gasteiger partial charge in [0.1, 0.15) is 0 Å². The van der Waals surface area contributed by atoms with Crippen molar-refractivity contribution in [1.29, 1.82) is 0 Å². The summed E-state index contributed by atoms with van der Waals surface area (Å²) in [6, 6.07) is 58.3. The molecule has 0 aliphatic heterocycles. The Bertz CT molecular complexity index is 1680. The summed E-state index contributed by atoms with van der Waals surface area (Å²) in [6.07, 6.45) is -0.784. The first-order valence-electron chi connectivity index (χ1n) is 16.3. The van der Waals surface area contributed by atoms with E-state index in [0.29, 0.717) is 0 Å². The third-order valence-electron chi connectivity index (χ3n) is 8.82. The van der Waals surface area contributed by atoms with Crippen LogP contribution in [0, 0.1) is 5.41 Å². The fraction of sp³-hybridized carbons (Fsp3) is 0.136. The molecule has 6 aromatic carbocycles. The zero-order chi connectivity index (χ0) is 33.2. The second-order valence-electron chi connectivity index (χ2n) is 11.7. The van der Waals surface area contributed by atoms with Crippen molar-refractivity contribution in [3.8, 4) is 0 Å². The van der Waals surface area contributed by atoms with Gasteiger partial charge in [-0.3, -0.25) is 9.59 Å². The highest BCUT2D eigenvalue weighted by atomic mass is 16.6. The van der Waals surface area contributed by atoms with E-state index in [1.54, 1.807) is 6.92 Å². The number of ether oxygens (including phenoxy) is 2. The quantitative estimate of drug-likeness (QED) is 0.0998. The standard InChI is InChI=1S/C44H38O4/c1-2-47-42(45)44(39(33-21-9-3-10-22-33)34-23-11-4-12-24-34,40(35-25-13-5-14-26-35)36-27-15-6-16-28-36)43(46)48-41(37-29-17-7-18-30-37)38-31-19-8-20-32-38/h3-32,39-41H,2H2,1H3. The molecule has 0 heterocycles. The third-order valence-corrected chi connectivity index (χ3v) is 8.82. The number of rotatable bonds is 12. The highest BCUT2D eigenvalue weighted by Crippen LogP contribution is 2.55. The number of esters is 2. The Balaban J connectivity index is 1.70. The second-order valence-corrected chi connectivity index (χ2v) is 11.7. The second kappa shape index (κ2) is 15.2. The van der Waals surface area contributed by atoms with Gasteiger partial charge in [-0.05, 0) is 40.3 Å². The van der Waals surface area contributed by atoms with Crippen LogP contribution in [0.25, 0.3) is 0 Å². The van der Waals surface area contributed by atoms with Gasteiger partial charge < -0.3 is 9.47 Å². The average Bonchev–Trinajstić information content (AvgIpc) is 3.16. The fourth-order valence-corrected chi connectivity index (χ4v) is 6.78. The van der Waals surface area contributed by atoms with Gasteiger partial charge in [0.2, 0.25) is 0 Å². The van der Waals surface area contributed by atoms with Gasteiger partial charge >= 0.3 is 11.9 Å². The molecule has 48 heavy (non-hydrogen) atoms. The van der Waals surface area contributed by atoms with Crippen molar-refractivity contribution >= 4 is 11.9 Å². The van der Waals surface area contributed by atoms with Crippen LogP contribution >= 0.6 is 0 Å². The van der Waals surface area contributed by atoms with Crippen LogP contribution in [-0.4, -0.2) is 18.5 Å². The van der Waals surface area contributed by atoms with Gasteiger partial charge in [0, 0.05) is 11.8 Å². The van der Waals surface area contributed by atoms with Gasteiger partial charge in [-0.15, -0.1) is 0 Å². The van der Waals surface area contributed by atoms with Crippen molar-refractivity contribution < 1.29 is 19.1 Å². The summed E-state index contributed by atoms with van der Waals surface area (Å²) in [7, 11) is 0. The summed E-state index contributed by atoms with van der Waals surface area (Å²) >= 11 is 0. The molecule has 0 spiro atoms. The van der Waals surface area contributed by atoms with E-state index in [1.807, 2.05) is 182 Å². The molecule has 0 radical (unpaired) electrons. The highest BCUT2D eigenvalue weighted by molar-refractivity contribution is 6.04. The van der Waals surface area contributed by atoms with Crippen molar-refractivity contribution in [2.45, 2.75) is 24.9 Å².